The quantitative estimate of drug-likeness (QED) is 0.907. The molecule has 2 aromatic rings. The molecule has 2 aromatic heterocycles. The molecule has 1 aliphatic rings. The van der Waals surface area contributed by atoms with Crippen LogP contribution in [-0.4, -0.2) is 17.6 Å². The Balaban J connectivity index is 1.80. The molecule has 0 spiro atoms. The largest absolute Gasteiger partial charge is 0.463 e. The molecule has 3 heterocycles. The first-order valence-electron chi connectivity index (χ1n) is 6.06. The summed E-state index contributed by atoms with van der Waals surface area (Å²) in [7, 11) is 0. The lowest BCUT2D eigenvalue weighted by atomic mass is 10.2. The van der Waals surface area contributed by atoms with E-state index in [0.29, 0.717) is 6.04 Å². The number of thiazole rings is 1. The van der Waals surface area contributed by atoms with Crippen LogP contribution in [0.25, 0.3) is 11.5 Å². The topological polar surface area (TPSA) is 38.1 Å². The van der Waals surface area contributed by atoms with E-state index >= 15 is 0 Å². The van der Waals surface area contributed by atoms with Crippen LogP contribution in [0.3, 0.4) is 0 Å². The van der Waals surface area contributed by atoms with E-state index < -0.39 is 0 Å². The van der Waals surface area contributed by atoms with Crippen molar-refractivity contribution in [3.8, 4) is 11.5 Å². The minimum atomic E-state index is 0.616. The van der Waals surface area contributed by atoms with Crippen LogP contribution >= 0.6 is 11.3 Å². The standard InChI is InChI=1S/C13H16N2OS/c1-9-13(11-5-3-7-16-11)15-12(17-9)8-10-4-2-6-14-10/h3,5,7,10,14H,2,4,6,8H2,1H3. The van der Waals surface area contributed by atoms with E-state index in [9.17, 15) is 0 Å². The van der Waals surface area contributed by atoms with Gasteiger partial charge in [-0.05, 0) is 38.4 Å². The zero-order valence-electron chi connectivity index (χ0n) is 9.90. The number of hydrogen-bond donors (Lipinski definition) is 1. The van der Waals surface area contributed by atoms with Crippen molar-refractivity contribution < 1.29 is 4.42 Å². The third-order valence-corrected chi connectivity index (χ3v) is 4.17. The maximum Gasteiger partial charge on any atom is 0.153 e. The van der Waals surface area contributed by atoms with E-state index in [1.54, 1.807) is 17.6 Å². The summed E-state index contributed by atoms with van der Waals surface area (Å²) in [6.45, 7) is 3.27. The second-order valence-electron chi connectivity index (χ2n) is 4.49. The van der Waals surface area contributed by atoms with Crippen molar-refractivity contribution in [2.24, 2.45) is 0 Å². The van der Waals surface area contributed by atoms with Crippen molar-refractivity contribution in [3.63, 3.8) is 0 Å². The Labute approximate surface area is 105 Å². The van der Waals surface area contributed by atoms with Gasteiger partial charge in [-0.15, -0.1) is 11.3 Å². The number of nitrogens with one attached hydrogen (secondary N) is 1. The Morgan fingerprint density at radius 1 is 1.59 bits per heavy atom. The normalized spacial score (nSPS) is 19.9. The molecule has 0 aromatic carbocycles. The fourth-order valence-corrected chi connectivity index (χ4v) is 3.34. The van der Waals surface area contributed by atoms with Crippen LogP contribution in [0.4, 0.5) is 0 Å². The summed E-state index contributed by atoms with van der Waals surface area (Å²) in [5.74, 6) is 0.879. The van der Waals surface area contributed by atoms with Crippen molar-refractivity contribution in [1.29, 1.82) is 0 Å². The zero-order valence-corrected chi connectivity index (χ0v) is 10.7. The molecule has 1 N–H and O–H groups in total. The maximum absolute atomic E-state index is 5.41. The lowest BCUT2D eigenvalue weighted by Crippen LogP contribution is -2.23. The molecule has 1 unspecified atom stereocenters. The first-order valence-corrected chi connectivity index (χ1v) is 6.88. The lowest BCUT2D eigenvalue weighted by Gasteiger charge is -2.06. The van der Waals surface area contributed by atoms with Gasteiger partial charge in [0.05, 0.1) is 11.3 Å². The van der Waals surface area contributed by atoms with E-state index in [2.05, 4.69) is 12.2 Å². The number of rotatable bonds is 3. The van der Waals surface area contributed by atoms with E-state index in [1.807, 2.05) is 12.1 Å². The molecule has 90 valence electrons. The zero-order chi connectivity index (χ0) is 11.7. The van der Waals surface area contributed by atoms with Gasteiger partial charge < -0.3 is 9.73 Å². The molecule has 1 aliphatic heterocycles. The number of aryl methyl sites for hydroxylation is 1. The number of nitrogens with zero attached hydrogens (tertiary/aromatic N) is 1. The Bertz CT molecular complexity index is 483. The molecule has 0 bridgehead atoms. The first-order chi connectivity index (χ1) is 8.33. The predicted molar refractivity (Wildman–Crippen MR) is 69.3 cm³/mol. The van der Waals surface area contributed by atoms with Gasteiger partial charge in [0.1, 0.15) is 5.69 Å². The van der Waals surface area contributed by atoms with Crippen LogP contribution in [0.5, 0.6) is 0 Å². The minimum absolute atomic E-state index is 0.616. The molecular formula is C13H16N2OS. The molecule has 4 heteroatoms. The van der Waals surface area contributed by atoms with Gasteiger partial charge in [-0.2, -0.15) is 0 Å². The van der Waals surface area contributed by atoms with E-state index in [-0.39, 0.29) is 0 Å². The molecule has 0 radical (unpaired) electrons. The molecule has 17 heavy (non-hydrogen) atoms. The second-order valence-corrected chi connectivity index (χ2v) is 5.77. The smallest absolute Gasteiger partial charge is 0.153 e. The Hall–Kier alpha value is -1.13. The fourth-order valence-electron chi connectivity index (χ4n) is 2.32. The van der Waals surface area contributed by atoms with Crippen molar-refractivity contribution in [2.75, 3.05) is 6.54 Å². The van der Waals surface area contributed by atoms with Gasteiger partial charge >= 0.3 is 0 Å². The van der Waals surface area contributed by atoms with Crippen LogP contribution in [-0.2, 0) is 6.42 Å². The van der Waals surface area contributed by atoms with Crippen LogP contribution < -0.4 is 5.32 Å². The van der Waals surface area contributed by atoms with Gasteiger partial charge in [0.15, 0.2) is 5.76 Å². The van der Waals surface area contributed by atoms with E-state index in [4.69, 9.17) is 9.40 Å². The molecule has 1 atom stereocenters. The van der Waals surface area contributed by atoms with Crippen molar-refractivity contribution >= 4 is 11.3 Å². The van der Waals surface area contributed by atoms with Gasteiger partial charge in [0.25, 0.3) is 0 Å². The SMILES string of the molecule is Cc1sc(CC2CCCN2)nc1-c1ccco1. The molecular weight excluding hydrogens is 232 g/mol. The summed E-state index contributed by atoms with van der Waals surface area (Å²) in [5, 5.41) is 4.73. The highest BCUT2D eigenvalue weighted by molar-refractivity contribution is 7.12. The summed E-state index contributed by atoms with van der Waals surface area (Å²) < 4.78 is 5.41. The molecule has 1 saturated heterocycles. The molecule has 3 rings (SSSR count). The summed E-state index contributed by atoms with van der Waals surface area (Å²) in [6.07, 6.45) is 5.31. The highest BCUT2D eigenvalue weighted by atomic mass is 32.1. The Morgan fingerprint density at radius 3 is 3.24 bits per heavy atom. The average Bonchev–Trinajstić information content (AvgIpc) is 3.00. The van der Waals surface area contributed by atoms with Crippen molar-refractivity contribution in [2.45, 2.75) is 32.2 Å². The van der Waals surface area contributed by atoms with E-state index in [0.717, 1.165) is 24.4 Å². The van der Waals surface area contributed by atoms with Crippen LogP contribution in [0.15, 0.2) is 22.8 Å². The van der Waals surface area contributed by atoms with Gasteiger partial charge in [0.2, 0.25) is 0 Å². The highest BCUT2D eigenvalue weighted by Gasteiger charge is 2.18. The van der Waals surface area contributed by atoms with Gasteiger partial charge in [0, 0.05) is 17.3 Å². The van der Waals surface area contributed by atoms with Crippen LogP contribution in [0.1, 0.15) is 22.7 Å². The lowest BCUT2D eigenvalue weighted by molar-refractivity contribution is 0.578. The number of hydrogen-bond acceptors (Lipinski definition) is 4. The second kappa shape index (κ2) is 4.63. The molecule has 1 fully saturated rings. The monoisotopic (exact) mass is 248 g/mol. The Kier molecular flexibility index (Phi) is 2.99. The third kappa shape index (κ3) is 2.28. The van der Waals surface area contributed by atoms with E-state index in [1.165, 1.54) is 22.7 Å². The third-order valence-electron chi connectivity index (χ3n) is 3.18. The fraction of sp³-hybridized carbons (Fsp3) is 0.462. The van der Waals surface area contributed by atoms with Gasteiger partial charge in [-0.1, -0.05) is 0 Å². The highest BCUT2D eigenvalue weighted by Crippen LogP contribution is 2.28. The summed E-state index contributed by atoms with van der Waals surface area (Å²) in [5.41, 5.74) is 1.01. The molecule has 0 saturated carbocycles. The summed E-state index contributed by atoms with van der Waals surface area (Å²) in [6, 6.07) is 4.50. The Morgan fingerprint density at radius 2 is 2.53 bits per heavy atom. The number of furan rings is 1. The van der Waals surface area contributed by atoms with Crippen molar-refractivity contribution in [3.05, 3.63) is 28.3 Å². The first kappa shape index (κ1) is 11.0. The average molecular weight is 248 g/mol. The summed E-state index contributed by atoms with van der Waals surface area (Å²) in [4.78, 5) is 5.94. The molecule has 3 nitrogen and oxygen atoms in total. The number of aromatic nitrogens is 1. The summed E-state index contributed by atoms with van der Waals surface area (Å²) >= 11 is 1.79. The minimum Gasteiger partial charge on any atom is -0.463 e. The maximum atomic E-state index is 5.41. The van der Waals surface area contributed by atoms with Crippen molar-refractivity contribution in [1.82, 2.24) is 10.3 Å². The molecule has 0 amide bonds. The van der Waals surface area contributed by atoms with Crippen LogP contribution in [0, 0.1) is 6.92 Å². The molecule has 0 aliphatic carbocycles. The van der Waals surface area contributed by atoms with Gasteiger partial charge in [-0.25, -0.2) is 4.98 Å². The van der Waals surface area contributed by atoms with Crippen LogP contribution in [0.2, 0.25) is 0 Å². The predicted octanol–water partition coefficient (Wildman–Crippen LogP) is 3.01. The van der Waals surface area contributed by atoms with Gasteiger partial charge in [-0.3, -0.25) is 0 Å².